The molecule has 0 unspecified atom stereocenters. The number of nitrogens with zero attached hydrogens (tertiary/aromatic N) is 3. The molecule has 2 N–H and O–H groups in total. The Morgan fingerprint density at radius 3 is 2.89 bits per heavy atom. The first-order valence-corrected chi connectivity index (χ1v) is 5.23. The van der Waals surface area contributed by atoms with Gasteiger partial charge in [0.25, 0.3) is 5.69 Å². The first-order chi connectivity index (χ1) is 8.60. The lowest BCUT2D eigenvalue weighted by atomic mass is 10.1. The van der Waals surface area contributed by atoms with Gasteiger partial charge in [0.2, 0.25) is 0 Å². The number of nitro benzene ring substituents is 1. The van der Waals surface area contributed by atoms with Gasteiger partial charge in [0.15, 0.2) is 0 Å². The van der Waals surface area contributed by atoms with Crippen LogP contribution in [0.15, 0.2) is 30.7 Å². The quantitative estimate of drug-likeness (QED) is 0.657. The molecule has 0 aliphatic carbocycles. The molecule has 18 heavy (non-hydrogen) atoms. The molecular formula is C11H11FN4O2. The van der Waals surface area contributed by atoms with Gasteiger partial charge in [-0.3, -0.25) is 10.1 Å². The van der Waals surface area contributed by atoms with Crippen LogP contribution in [0, 0.1) is 15.9 Å². The highest BCUT2D eigenvalue weighted by molar-refractivity contribution is 5.40. The van der Waals surface area contributed by atoms with Crippen LogP contribution in [0.1, 0.15) is 11.3 Å². The third kappa shape index (κ3) is 2.51. The molecule has 0 spiro atoms. The summed E-state index contributed by atoms with van der Waals surface area (Å²) in [7, 11) is 0. The van der Waals surface area contributed by atoms with Crippen molar-refractivity contribution >= 4 is 5.69 Å². The Morgan fingerprint density at radius 2 is 2.28 bits per heavy atom. The lowest BCUT2D eigenvalue weighted by Gasteiger charge is -2.04. The van der Waals surface area contributed by atoms with Gasteiger partial charge in [0.05, 0.1) is 29.1 Å². The average molecular weight is 250 g/mol. The fourth-order valence-electron chi connectivity index (χ4n) is 1.65. The molecule has 0 bridgehead atoms. The summed E-state index contributed by atoms with van der Waals surface area (Å²) in [6.07, 6.45) is 3.19. The first kappa shape index (κ1) is 12.2. The highest BCUT2D eigenvalue weighted by atomic mass is 19.1. The predicted octanol–water partition coefficient (Wildman–Crippen LogP) is 1.44. The second-order valence-electron chi connectivity index (χ2n) is 3.77. The molecular weight excluding hydrogens is 239 g/mol. The van der Waals surface area contributed by atoms with Crippen LogP contribution < -0.4 is 5.73 Å². The monoisotopic (exact) mass is 250 g/mol. The van der Waals surface area contributed by atoms with Crippen LogP contribution in [0.2, 0.25) is 0 Å². The van der Waals surface area contributed by atoms with E-state index in [9.17, 15) is 14.5 Å². The largest absolute Gasteiger partial charge is 0.332 e. The maximum Gasteiger partial charge on any atom is 0.274 e. The second-order valence-corrected chi connectivity index (χ2v) is 3.77. The van der Waals surface area contributed by atoms with Gasteiger partial charge in [-0.05, 0) is 12.1 Å². The van der Waals surface area contributed by atoms with Gasteiger partial charge in [-0.25, -0.2) is 9.37 Å². The summed E-state index contributed by atoms with van der Waals surface area (Å²) in [5.41, 5.74) is 6.27. The molecule has 0 aliphatic heterocycles. The van der Waals surface area contributed by atoms with Crippen LogP contribution in [-0.4, -0.2) is 14.5 Å². The zero-order chi connectivity index (χ0) is 13.1. The van der Waals surface area contributed by atoms with Gasteiger partial charge in [-0.15, -0.1) is 0 Å². The third-order valence-electron chi connectivity index (χ3n) is 2.49. The van der Waals surface area contributed by atoms with E-state index in [0.717, 1.165) is 18.2 Å². The van der Waals surface area contributed by atoms with Gasteiger partial charge >= 0.3 is 0 Å². The van der Waals surface area contributed by atoms with Crippen molar-refractivity contribution in [2.45, 2.75) is 13.1 Å². The van der Waals surface area contributed by atoms with E-state index in [1.165, 1.54) is 6.33 Å². The van der Waals surface area contributed by atoms with Crippen molar-refractivity contribution in [1.82, 2.24) is 9.55 Å². The molecule has 0 aliphatic rings. The molecule has 1 aromatic carbocycles. The minimum absolute atomic E-state index is 0.112. The Labute approximate surface area is 102 Å². The smallest absolute Gasteiger partial charge is 0.274 e. The van der Waals surface area contributed by atoms with E-state index in [1.807, 2.05) is 0 Å². The number of hydrogen-bond acceptors (Lipinski definition) is 4. The fraction of sp³-hybridized carbons (Fsp3) is 0.182. The Kier molecular flexibility index (Phi) is 3.33. The van der Waals surface area contributed by atoms with Crippen molar-refractivity contribution in [3.63, 3.8) is 0 Å². The SMILES string of the molecule is NCc1cn(Cc2cc(F)ccc2[N+](=O)[O-])cn1. The van der Waals surface area contributed by atoms with Gasteiger partial charge in [-0.1, -0.05) is 0 Å². The van der Waals surface area contributed by atoms with Crippen molar-refractivity contribution in [3.05, 3.63) is 57.9 Å². The molecule has 0 fully saturated rings. The molecule has 0 saturated carbocycles. The molecule has 94 valence electrons. The minimum atomic E-state index is -0.532. The Balaban J connectivity index is 2.32. The molecule has 2 rings (SSSR count). The van der Waals surface area contributed by atoms with Crippen LogP contribution in [0.25, 0.3) is 0 Å². The van der Waals surface area contributed by atoms with Crippen molar-refractivity contribution in [3.8, 4) is 0 Å². The van der Waals surface area contributed by atoms with Gasteiger partial charge < -0.3 is 10.3 Å². The number of halogens is 1. The van der Waals surface area contributed by atoms with Crippen LogP contribution in [0.3, 0.4) is 0 Å². The summed E-state index contributed by atoms with van der Waals surface area (Å²) < 4.78 is 14.7. The molecule has 0 atom stereocenters. The van der Waals surface area contributed by atoms with Gasteiger partial charge in [0, 0.05) is 18.8 Å². The molecule has 1 aromatic heterocycles. The highest BCUT2D eigenvalue weighted by Crippen LogP contribution is 2.20. The zero-order valence-electron chi connectivity index (χ0n) is 9.41. The second kappa shape index (κ2) is 4.92. The number of imidazole rings is 1. The van der Waals surface area contributed by atoms with E-state index >= 15 is 0 Å². The molecule has 2 aromatic rings. The Bertz CT molecular complexity index is 582. The van der Waals surface area contributed by atoms with Crippen LogP contribution in [-0.2, 0) is 13.1 Å². The molecule has 7 heteroatoms. The number of aromatic nitrogens is 2. The topological polar surface area (TPSA) is 87.0 Å². The Morgan fingerprint density at radius 1 is 1.50 bits per heavy atom. The number of rotatable bonds is 4. The highest BCUT2D eigenvalue weighted by Gasteiger charge is 2.14. The molecule has 0 amide bonds. The summed E-state index contributed by atoms with van der Waals surface area (Å²) >= 11 is 0. The Hall–Kier alpha value is -2.28. The average Bonchev–Trinajstić information content (AvgIpc) is 2.76. The van der Waals surface area contributed by atoms with Crippen LogP contribution >= 0.6 is 0 Å². The summed E-state index contributed by atoms with van der Waals surface area (Å²) in [4.78, 5) is 14.3. The van der Waals surface area contributed by atoms with E-state index in [2.05, 4.69) is 4.98 Å². The fourth-order valence-corrected chi connectivity index (χ4v) is 1.65. The van der Waals surface area contributed by atoms with Gasteiger partial charge in [0.1, 0.15) is 5.82 Å². The molecule has 0 saturated heterocycles. The van der Waals surface area contributed by atoms with Crippen LogP contribution in [0.4, 0.5) is 10.1 Å². The van der Waals surface area contributed by atoms with Crippen molar-refractivity contribution in [2.24, 2.45) is 5.73 Å². The summed E-state index contributed by atoms with van der Waals surface area (Å²) in [5.74, 6) is -0.505. The van der Waals surface area contributed by atoms with E-state index in [0.29, 0.717) is 11.3 Å². The van der Waals surface area contributed by atoms with E-state index in [4.69, 9.17) is 5.73 Å². The minimum Gasteiger partial charge on any atom is -0.332 e. The van der Waals surface area contributed by atoms with E-state index in [-0.39, 0.29) is 18.8 Å². The van der Waals surface area contributed by atoms with Gasteiger partial charge in [-0.2, -0.15) is 0 Å². The van der Waals surface area contributed by atoms with Crippen molar-refractivity contribution in [1.29, 1.82) is 0 Å². The first-order valence-electron chi connectivity index (χ1n) is 5.23. The van der Waals surface area contributed by atoms with E-state index in [1.54, 1.807) is 10.8 Å². The third-order valence-corrected chi connectivity index (χ3v) is 2.49. The maximum atomic E-state index is 13.1. The number of nitro groups is 1. The normalized spacial score (nSPS) is 10.6. The standard InChI is InChI=1S/C11H11FN4O2/c12-9-1-2-11(16(17)18)8(3-9)5-15-6-10(4-13)14-7-15/h1-3,6-7H,4-5,13H2. The van der Waals surface area contributed by atoms with Crippen LogP contribution in [0.5, 0.6) is 0 Å². The zero-order valence-corrected chi connectivity index (χ0v) is 9.41. The number of nitrogens with two attached hydrogens (primary N) is 1. The van der Waals surface area contributed by atoms with Crippen molar-refractivity contribution in [2.75, 3.05) is 0 Å². The molecule has 0 radical (unpaired) electrons. The number of benzene rings is 1. The summed E-state index contributed by atoms with van der Waals surface area (Å²) in [6.45, 7) is 0.472. The lowest BCUT2D eigenvalue weighted by molar-refractivity contribution is -0.385. The maximum absolute atomic E-state index is 13.1. The summed E-state index contributed by atoms with van der Waals surface area (Å²) in [6, 6.07) is 3.38. The lowest BCUT2D eigenvalue weighted by Crippen LogP contribution is -2.02. The molecule has 1 heterocycles. The van der Waals surface area contributed by atoms with Crippen molar-refractivity contribution < 1.29 is 9.31 Å². The van der Waals surface area contributed by atoms with E-state index < -0.39 is 10.7 Å². The molecule has 6 nitrogen and oxygen atoms in total. The number of hydrogen-bond donors (Lipinski definition) is 1. The summed E-state index contributed by atoms with van der Waals surface area (Å²) in [5, 5.41) is 10.8. The predicted molar refractivity (Wildman–Crippen MR) is 62.3 cm³/mol.